The first-order valence-electron chi connectivity index (χ1n) is 6.05. The van der Waals surface area contributed by atoms with Crippen LogP contribution in [0.1, 0.15) is 46.0 Å². The summed E-state index contributed by atoms with van der Waals surface area (Å²) < 4.78 is 5.27. The number of hydrogen-bond donors (Lipinski definition) is 1. The Morgan fingerprint density at radius 2 is 2.27 bits per heavy atom. The third-order valence-corrected chi connectivity index (χ3v) is 2.76. The molecule has 88 valence electrons. The Morgan fingerprint density at radius 3 is 2.87 bits per heavy atom. The molecule has 1 fully saturated rings. The van der Waals surface area contributed by atoms with Gasteiger partial charge in [0.15, 0.2) is 5.78 Å². The average Bonchev–Trinajstić information content (AvgIpc) is 2.25. The highest BCUT2D eigenvalue weighted by molar-refractivity contribution is 5.79. The molecule has 3 nitrogen and oxygen atoms in total. The van der Waals surface area contributed by atoms with Gasteiger partial charge in [-0.2, -0.15) is 0 Å². The van der Waals surface area contributed by atoms with E-state index in [1.54, 1.807) is 0 Å². The van der Waals surface area contributed by atoms with Crippen LogP contribution in [0.2, 0.25) is 0 Å². The van der Waals surface area contributed by atoms with Crippen LogP contribution in [0.15, 0.2) is 0 Å². The lowest BCUT2D eigenvalue weighted by molar-refractivity contribution is -0.125. The molecule has 0 amide bonds. The minimum atomic E-state index is 0.154. The van der Waals surface area contributed by atoms with Gasteiger partial charge in [0.1, 0.15) is 6.61 Å². The van der Waals surface area contributed by atoms with Crippen molar-refractivity contribution in [2.24, 2.45) is 0 Å². The molecule has 1 atom stereocenters. The lowest BCUT2D eigenvalue weighted by Crippen LogP contribution is -2.34. The van der Waals surface area contributed by atoms with Gasteiger partial charge in [0.25, 0.3) is 0 Å². The Kier molecular flexibility index (Phi) is 5.88. The van der Waals surface area contributed by atoms with Gasteiger partial charge in [-0.25, -0.2) is 0 Å². The molecule has 0 radical (unpaired) electrons. The summed E-state index contributed by atoms with van der Waals surface area (Å²) in [6, 6.07) is 0.557. The monoisotopic (exact) mass is 213 g/mol. The lowest BCUT2D eigenvalue weighted by Gasteiger charge is -2.23. The number of piperidine rings is 1. The maximum Gasteiger partial charge on any atom is 0.158 e. The Hall–Kier alpha value is -0.410. The summed E-state index contributed by atoms with van der Waals surface area (Å²) in [5.74, 6) is 0.232. The molecule has 0 aromatic rings. The van der Waals surface area contributed by atoms with E-state index < -0.39 is 0 Å². The number of hydrogen-bond acceptors (Lipinski definition) is 3. The van der Waals surface area contributed by atoms with Gasteiger partial charge in [-0.3, -0.25) is 4.79 Å². The Morgan fingerprint density at radius 1 is 1.47 bits per heavy atom. The zero-order valence-electron chi connectivity index (χ0n) is 9.92. The first kappa shape index (κ1) is 12.7. The largest absolute Gasteiger partial charge is 0.371 e. The fourth-order valence-corrected chi connectivity index (χ4v) is 1.84. The van der Waals surface area contributed by atoms with E-state index in [0.29, 0.717) is 12.5 Å². The summed E-state index contributed by atoms with van der Waals surface area (Å²) in [5, 5.41) is 3.45. The molecule has 0 aromatic carbocycles. The van der Waals surface area contributed by atoms with Crippen molar-refractivity contribution in [3.8, 4) is 0 Å². The van der Waals surface area contributed by atoms with Gasteiger partial charge >= 0.3 is 0 Å². The first-order valence-corrected chi connectivity index (χ1v) is 6.05. The van der Waals surface area contributed by atoms with Crippen molar-refractivity contribution in [1.82, 2.24) is 5.32 Å². The van der Waals surface area contributed by atoms with Crippen molar-refractivity contribution in [1.29, 1.82) is 0 Å². The molecular weight excluding hydrogens is 190 g/mol. The number of nitrogens with one attached hydrogen (secondary N) is 1. The fraction of sp³-hybridized carbons (Fsp3) is 0.917. The number of rotatable bonds is 6. The molecule has 1 heterocycles. The zero-order valence-corrected chi connectivity index (χ0v) is 9.92. The number of Topliss-reactive ketones (excluding diaryl/α,β-unsaturated/α-hetero) is 1. The molecule has 1 aliphatic rings. The summed E-state index contributed by atoms with van der Waals surface area (Å²) in [6.45, 7) is 5.30. The van der Waals surface area contributed by atoms with Crippen molar-refractivity contribution in [2.45, 2.75) is 58.1 Å². The highest BCUT2D eigenvalue weighted by Gasteiger charge is 2.14. The maximum atomic E-state index is 11.4. The maximum absolute atomic E-state index is 11.4. The van der Waals surface area contributed by atoms with E-state index in [1.807, 2.05) is 13.8 Å². The van der Waals surface area contributed by atoms with Crippen LogP contribution in [0.25, 0.3) is 0 Å². The highest BCUT2D eigenvalue weighted by Crippen LogP contribution is 2.11. The third-order valence-electron chi connectivity index (χ3n) is 2.76. The molecule has 0 saturated carbocycles. The molecule has 3 heteroatoms. The van der Waals surface area contributed by atoms with Gasteiger partial charge in [0.2, 0.25) is 0 Å². The minimum Gasteiger partial charge on any atom is -0.371 e. The predicted molar refractivity (Wildman–Crippen MR) is 61.0 cm³/mol. The molecule has 1 rings (SSSR count). The fourth-order valence-electron chi connectivity index (χ4n) is 1.84. The second-order valence-electron chi connectivity index (χ2n) is 4.58. The number of carbonyl (C=O) groups excluding carboxylic acids is 1. The molecule has 0 aromatic heterocycles. The Bertz CT molecular complexity index is 186. The molecular formula is C12H23NO2. The van der Waals surface area contributed by atoms with Gasteiger partial charge in [-0.1, -0.05) is 6.42 Å². The first-order chi connectivity index (χ1) is 7.18. The van der Waals surface area contributed by atoms with Gasteiger partial charge < -0.3 is 10.1 Å². The Balaban J connectivity index is 2.05. The van der Waals surface area contributed by atoms with E-state index in [0.717, 1.165) is 13.0 Å². The summed E-state index contributed by atoms with van der Waals surface area (Å²) in [7, 11) is 0. The number of carbonyl (C=O) groups is 1. The van der Waals surface area contributed by atoms with E-state index in [2.05, 4.69) is 5.32 Å². The van der Waals surface area contributed by atoms with Crippen LogP contribution in [0, 0.1) is 0 Å². The predicted octanol–water partition coefficient (Wildman–Crippen LogP) is 1.90. The zero-order chi connectivity index (χ0) is 11.1. The molecule has 0 bridgehead atoms. The molecule has 1 unspecified atom stereocenters. The molecule has 1 N–H and O–H groups in total. The van der Waals surface area contributed by atoms with Crippen LogP contribution in [0.4, 0.5) is 0 Å². The van der Waals surface area contributed by atoms with Crippen molar-refractivity contribution in [3.63, 3.8) is 0 Å². The highest BCUT2D eigenvalue weighted by atomic mass is 16.5. The standard InChI is InChI=1S/C12H23NO2/c1-10(2)15-9-12(14)7-6-11-5-3-4-8-13-11/h10-11,13H,3-9H2,1-2H3. The molecule has 15 heavy (non-hydrogen) atoms. The number of ketones is 1. The second kappa shape index (κ2) is 6.96. The topological polar surface area (TPSA) is 38.3 Å². The van der Waals surface area contributed by atoms with E-state index in [-0.39, 0.29) is 18.5 Å². The molecule has 0 spiro atoms. The smallest absolute Gasteiger partial charge is 0.158 e. The summed E-state index contributed by atoms with van der Waals surface area (Å²) in [5.41, 5.74) is 0. The van der Waals surface area contributed by atoms with Crippen LogP contribution in [0.3, 0.4) is 0 Å². The van der Waals surface area contributed by atoms with Gasteiger partial charge in [0, 0.05) is 12.5 Å². The lowest BCUT2D eigenvalue weighted by atomic mass is 9.99. The second-order valence-corrected chi connectivity index (χ2v) is 4.58. The van der Waals surface area contributed by atoms with Crippen LogP contribution < -0.4 is 5.32 Å². The van der Waals surface area contributed by atoms with Crippen LogP contribution in [0.5, 0.6) is 0 Å². The molecule has 0 aliphatic carbocycles. The van der Waals surface area contributed by atoms with Gasteiger partial charge in [-0.05, 0) is 39.7 Å². The minimum absolute atomic E-state index is 0.154. The summed E-state index contributed by atoms with van der Waals surface area (Å²) in [6.07, 6.45) is 5.58. The number of ether oxygens (including phenoxy) is 1. The quantitative estimate of drug-likeness (QED) is 0.732. The normalized spacial score (nSPS) is 21.9. The van der Waals surface area contributed by atoms with Crippen molar-refractivity contribution >= 4 is 5.78 Å². The van der Waals surface area contributed by atoms with Crippen molar-refractivity contribution in [2.75, 3.05) is 13.2 Å². The van der Waals surface area contributed by atoms with Crippen LogP contribution >= 0.6 is 0 Å². The van der Waals surface area contributed by atoms with E-state index >= 15 is 0 Å². The van der Waals surface area contributed by atoms with Gasteiger partial charge in [0.05, 0.1) is 6.10 Å². The van der Waals surface area contributed by atoms with Crippen molar-refractivity contribution in [3.05, 3.63) is 0 Å². The SMILES string of the molecule is CC(C)OCC(=O)CCC1CCCCN1. The molecule has 1 saturated heterocycles. The van der Waals surface area contributed by atoms with Crippen molar-refractivity contribution < 1.29 is 9.53 Å². The Labute approximate surface area is 92.6 Å². The van der Waals surface area contributed by atoms with E-state index in [4.69, 9.17) is 4.74 Å². The average molecular weight is 213 g/mol. The van der Waals surface area contributed by atoms with E-state index in [1.165, 1.54) is 19.3 Å². The van der Waals surface area contributed by atoms with E-state index in [9.17, 15) is 4.79 Å². The summed E-state index contributed by atoms with van der Waals surface area (Å²) in [4.78, 5) is 11.4. The third kappa shape index (κ3) is 5.90. The summed E-state index contributed by atoms with van der Waals surface area (Å²) >= 11 is 0. The molecule has 1 aliphatic heterocycles. The van der Waals surface area contributed by atoms with Crippen LogP contribution in [-0.4, -0.2) is 31.1 Å². The van der Waals surface area contributed by atoms with Gasteiger partial charge in [-0.15, -0.1) is 0 Å². The van der Waals surface area contributed by atoms with Crippen LogP contribution in [-0.2, 0) is 9.53 Å².